The van der Waals surface area contributed by atoms with E-state index in [0.717, 1.165) is 29.1 Å². The number of aryl methyl sites for hydroxylation is 1. The van der Waals surface area contributed by atoms with Gasteiger partial charge in [0.25, 0.3) is 5.91 Å². The van der Waals surface area contributed by atoms with Crippen LogP contribution >= 0.6 is 0 Å². The Labute approximate surface area is 164 Å². The topological polar surface area (TPSA) is 76.5 Å². The summed E-state index contributed by atoms with van der Waals surface area (Å²) in [6.45, 7) is 6.44. The maximum absolute atomic E-state index is 12.9. The molecule has 2 amide bonds. The Kier molecular flexibility index (Phi) is 5.07. The second-order valence-electron chi connectivity index (χ2n) is 7.72. The lowest BCUT2D eigenvalue weighted by Gasteiger charge is -2.27. The fourth-order valence-corrected chi connectivity index (χ4v) is 3.76. The molecule has 2 aliphatic heterocycles. The number of hydrogen-bond donors (Lipinski definition) is 1. The van der Waals surface area contributed by atoms with Crippen molar-refractivity contribution >= 4 is 11.8 Å². The minimum absolute atomic E-state index is 0.0402. The number of amides is 2. The highest BCUT2D eigenvalue weighted by atomic mass is 16.5. The maximum atomic E-state index is 12.9. The predicted octanol–water partition coefficient (Wildman–Crippen LogP) is 1.93. The molecule has 148 valence electrons. The van der Waals surface area contributed by atoms with Crippen LogP contribution in [0.1, 0.15) is 47.6 Å². The van der Waals surface area contributed by atoms with Crippen molar-refractivity contribution in [3.05, 3.63) is 46.8 Å². The van der Waals surface area contributed by atoms with Crippen LogP contribution in [-0.2, 0) is 30.7 Å². The Morgan fingerprint density at radius 1 is 1.25 bits per heavy atom. The molecule has 0 fully saturated rings. The summed E-state index contributed by atoms with van der Waals surface area (Å²) in [5.41, 5.74) is 3.74. The van der Waals surface area contributed by atoms with Crippen LogP contribution in [0.15, 0.2) is 24.3 Å². The highest BCUT2D eigenvalue weighted by Crippen LogP contribution is 2.27. The fraction of sp³-hybridized carbons (Fsp3) is 0.476. The predicted molar refractivity (Wildman–Crippen MR) is 104 cm³/mol. The molecule has 2 aliphatic rings. The summed E-state index contributed by atoms with van der Waals surface area (Å²) in [6, 6.07) is 7.85. The summed E-state index contributed by atoms with van der Waals surface area (Å²) >= 11 is 0. The molecule has 0 saturated carbocycles. The monoisotopic (exact) mass is 382 g/mol. The highest BCUT2D eigenvalue weighted by Gasteiger charge is 2.24. The summed E-state index contributed by atoms with van der Waals surface area (Å²) in [7, 11) is 0. The van der Waals surface area contributed by atoms with E-state index in [1.165, 1.54) is 0 Å². The van der Waals surface area contributed by atoms with Gasteiger partial charge >= 0.3 is 0 Å². The zero-order valence-corrected chi connectivity index (χ0v) is 16.4. The van der Waals surface area contributed by atoms with Gasteiger partial charge in [0.15, 0.2) is 0 Å². The van der Waals surface area contributed by atoms with Gasteiger partial charge in [-0.1, -0.05) is 0 Å². The molecule has 7 nitrogen and oxygen atoms in total. The van der Waals surface area contributed by atoms with Gasteiger partial charge in [0.1, 0.15) is 5.75 Å². The minimum atomic E-state index is 0.0402. The summed E-state index contributed by atoms with van der Waals surface area (Å²) < 4.78 is 7.48. The first kappa shape index (κ1) is 18.5. The molecule has 1 aromatic carbocycles. The van der Waals surface area contributed by atoms with E-state index in [1.807, 2.05) is 47.7 Å². The van der Waals surface area contributed by atoms with Crippen LogP contribution < -0.4 is 10.1 Å². The average Bonchev–Trinajstić information content (AvgIpc) is 3.30. The van der Waals surface area contributed by atoms with Crippen LogP contribution in [0, 0.1) is 0 Å². The van der Waals surface area contributed by atoms with E-state index < -0.39 is 0 Å². The Morgan fingerprint density at radius 3 is 2.93 bits per heavy atom. The van der Waals surface area contributed by atoms with Gasteiger partial charge in [0.05, 0.1) is 31.1 Å². The molecule has 7 heteroatoms. The third kappa shape index (κ3) is 3.88. The minimum Gasteiger partial charge on any atom is -0.493 e. The van der Waals surface area contributed by atoms with E-state index in [1.54, 1.807) is 0 Å². The molecule has 0 aliphatic carbocycles. The van der Waals surface area contributed by atoms with Gasteiger partial charge in [-0.15, -0.1) is 0 Å². The number of fused-ring (bicyclic) bond motifs is 2. The van der Waals surface area contributed by atoms with E-state index in [2.05, 4.69) is 10.4 Å². The number of carbonyl (C=O) groups excluding carboxylic acids is 2. The molecule has 0 atom stereocenters. The molecule has 1 N–H and O–H groups in total. The van der Waals surface area contributed by atoms with Gasteiger partial charge in [0, 0.05) is 37.4 Å². The second-order valence-corrected chi connectivity index (χ2v) is 7.72. The number of ether oxygens (including phenoxy) is 1. The van der Waals surface area contributed by atoms with Crippen molar-refractivity contribution in [3.63, 3.8) is 0 Å². The van der Waals surface area contributed by atoms with Crippen molar-refractivity contribution in [1.29, 1.82) is 0 Å². The van der Waals surface area contributed by atoms with Crippen LogP contribution in [0.25, 0.3) is 0 Å². The lowest BCUT2D eigenvalue weighted by Crippen LogP contribution is -2.38. The van der Waals surface area contributed by atoms with Crippen molar-refractivity contribution in [2.45, 2.75) is 52.2 Å². The number of hydrogen-bond acceptors (Lipinski definition) is 4. The molecule has 0 bridgehead atoms. The summed E-state index contributed by atoms with van der Waals surface area (Å²) in [5, 5.41) is 7.50. The molecular weight excluding hydrogens is 356 g/mol. The van der Waals surface area contributed by atoms with Gasteiger partial charge in [0.2, 0.25) is 5.91 Å². The fourth-order valence-electron chi connectivity index (χ4n) is 3.76. The van der Waals surface area contributed by atoms with E-state index in [0.29, 0.717) is 44.6 Å². The van der Waals surface area contributed by atoms with E-state index >= 15 is 0 Å². The average molecular weight is 382 g/mol. The molecule has 3 heterocycles. The number of rotatable bonds is 5. The van der Waals surface area contributed by atoms with Crippen molar-refractivity contribution in [2.24, 2.45) is 0 Å². The van der Waals surface area contributed by atoms with Crippen LogP contribution in [0.2, 0.25) is 0 Å². The molecule has 1 aromatic heterocycles. The van der Waals surface area contributed by atoms with Crippen LogP contribution in [0.4, 0.5) is 0 Å². The van der Waals surface area contributed by atoms with Crippen molar-refractivity contribution in [2.75, 3.05) is 13.2 Å². The van der Waals surface area contributed by atoms with Gasteiger partial charge < -0.3 is 15.0 Å². The third-order valence-corrected chi connectivity index (χ3v) is 5.13. The second kappa shape index (κ2) is 7.66. The smallest absolute Gasteiger partial charge is 0.254 e. The number of aromatic nitrogens is 2. The van der Waals surface area contributed by atoms with E-state index in [4.69, 9.17) is 4.74 Å². The SMILES string of the molecule is CC(C)NC(=O)CCc1cc2n(n1)CCN(C(=O)c1ccc3c(c1)CCO3)C2. The number of benzene rings is 1. The van der Waals surface area contributed by atoms with Crippen molar-refractivity contribution < 1.29 is 14.3 Å². The summed E-state index contributed by atoms with van der Waals surface area (Å²) in [4.78, 5) is 26.6. The van der Waals surface area contributed by atoms with Crippen molar-refractivity contribution in [3.8, 4) is 5.75 Å². The Morgan fingerprint density at radius 2 is 2.11 bits per heavy atom. The quantitative estimate of drug-likeness (QED) is 0.857. The Hall–Kier alpha value is -2.83. The lowest BCUT2D eigenvalue weighted by atomic mass is 10.1. The van der Waals surface area contributed by atoms with Gasteiger partial charge in [-0.05, 0) is 43.7 Å². The normalized spacial score (nSPS) is 15.2. The Balaban J connectivity index is 1.40. The Bertz CT molecular complexity index is 903. The number of nitrogens with zero attached hydrogens (tertiary/aromatic N) is 3. The molecule has 0 radical (unpaired) electrons. The molecule has 0 unspecified atom stereocenters. The summed E-state index contributed by atoms with van der Waals surface area (Å²) in [6.07, 6.45) is 1.89. The van der Waals surface area contributed by atoms with Crippen LogP contribution in [0.5, 0.6) is 5.75 Å². The standard InChI is InChI=1S/C21H26N4O3/c1-14(2)22-20(26)6-4-17-12-18-13-24(8-9-25(18)23-17)21(27)16-3-5-19-15(11-16)7-10-28-19/h3,5,11-12,14H,4,6-10,13H2,1-2H3,(H,22,26). The third-order valence-electron chi connectivity index (χ3n) is 5.13. The molecule has 4 rings (SSSR count). The van der Waals surface area contributed by atoms with Gasteiger partial charge in [-0.25, -0.2) is 0 Å². The first-order valence-electron chi connectivity index (χ1n) is 9.89. The lowest BCUT2D eigenvalue weighted by molar-refractivity contribution is -0.121. The number of carbonyl (C=O) groups is 2. The molecule has 2 aromatic rings. The van der Waals surface area contributed by atoms with E-state index in [9.17, 15) is 9.59 Å². The first-order chi connectivity index (χ1) is 13.5. The van der Waals surface area contributed by atoms with Gasteiger partial charge in [-0.2, -0.15) is 5.10 Å². The first-order valence-corrected chi connectivity index (χ1v) is 9.89. The zero-order chi connectivity index (χ0) is 19.7. The number of nitrogens with one attached hydrogen (secondary N) is 1. The zero-order valence-electron chi connectivity index (χ0n) is 16.4. The maximum Gasteiger partial charge on any atom is 0.254 e. The molecular formula is C21H26N4O3. The highest BCUT2D eigenvalue weighted by molar-refractivity contribution is 5.94. The summed E-state index contributed by atoms with van der Waals surface area (Å²) in [5.74, 6) is 0.970. The molecule has 0 spiro atoms. The van der Waals surface area contributed by atoms with Crippen molar-refractivity contribution in [1.82, 2.24) is 20.0 Å². The molecule has 28 heavy (non-hydrogen) atoms. The molecule has 0 saturated heterocycles. The van der Waals surface area contributed by atoms with E-state index in [-0.39, 0.29) is 17.9 Å². The van der Waals surface area contributed by atoms with Crippen LogP contribution in [0.3, 0.4) is 0 Å². The van der Waals surface area contributed by atoms with Gasteiger partial charge in [-0.3, -0.25) is 14.3 Å². The largest absolute Gasteiger partial charge is 0.493 e. The van der Waals surface area contributed by atoms with Crippen LogP contribution in [-0.4, -0.2) is 45.7 Å².